The number of halogens is 1. The summed E-state index contributed by atoms with van der Waals surface area (Å²) in [5, 5.41) is 2.51. The van der Waals surface area contributed by atoms with Crippen LogP contribution >= 0.6 is 0 Å². The van der Waals surface area contributed by atoms with Crippen LogP contribution in [0.4, 0.5) is 4.39 Å². The lowest BCUT2D eigenvalue weighted by Gasteiger charge is -1.96. The van der Waals surface area contributed by atoms with Gasteiger partial charge in [-0.3, -0.25) is 9.18 Å². The predicted molar refractivity (Wildman–Crippen MR) is 38.5 cm³/mol. The molecule has 0 atom stereocenters. The van der Waals surface area contributed by atoms with Gasteiger partial charge in [-0.15, -0.1) is 0 Å². The van der Waals surface area contributed by atoms with Crippen molar-refractivity contribution < 1.29 is 9.18 Å². The van der Waals surface area contributed by atoms with Gasteiger partial charge in [0.2, 0.25) is 5.91 Å². The topological polar surface area (TPSA) is 29.1 Å². The maximum Gasteiger partial charge on any atom is 0.219 e. The maximum atomic E-state index is 11.5. The number of rotatable bonds is 5. The third-order valence-corrected chi connectivity index (χ3v) is 1.32. The summed E-state index contributed by atoms with van der Waals surface area (Å²) in [6.07, 6.45) is 2.71. The fourth-order valence-electron chi connectivity index (χ4n) is 0.682. The van der Waals surface area contributed by atoms with Gasteiger partial charge in [-0.25, -0.2) is 0 Å². The molecule has 0 unspecified atom stereocenters. The normalized spacial score (nSPS) is 9.40. The Morgan fingerprint density at radius 3 is 2.60 bits per heavy atom. The van der Waals surface area contributed by atoms with Crippen molar-refractivity contribution in [1.82, 2.24) is 5.32 Å². The summed E-state index contributed by atoms with van der Waals surface area (Å²) in [5.41, 5.74) is 0. The number of carbonyl (C=O) groups is 1. The number of nitrogens with one attached hydrogen (secondary N) is 1. The summed E-state index contributed by atoms with van der Waals surface area (Å²) in [6, 6.07) is 0. The van der Waals surface area contributed by atoms with Crippen molar-refractivity contribution in [1.29, 1.82) is 0 Å². The molecule has 0 fully saturated rings. The summed E-state index contributed by atoms with van der Waals surface area (Å²) in [4.78, 5) is 10.6. The van der Waals surface area contributed by atoms with Gasteiger partial charge < -0.3 is 5.32 Å². The average Bonchev–Trinajstić information content (AvgIpc) is 1.98. The van der Waals surface area contributed by atoms with Crippen LogP contribution in [0.1, 0.15) is 25.7 Å². The first kappa shape index (κ1) is 9.40. The Kier molecular flexibility index (Phi) is 6.13. The standard InChI is InChI=1S/C7H14FNO/c1-9-7(10)5-3-2-4-6-8/h2-6H2,1H3,(H,9,10). The molecule has 0 saturated carbocycles. The summed E-state index contributed by atoms with van der Waals surface area (Å²) >= 11 is 0. The second kappa shape index (κ2) is 6.52. The Bertz CT molecular complexity index is 95.6. The molecule has 0 saturated heterocycles. The van der Waals surface area contributed by atoms with Gasteiger partial charge >= 0.3 is 0 Å². The first-order chi connectivity index (χ1) is 4.81. The molecule has 1 N–H and O–H groups in total. The molecule has 0 spiro atoms. The third kappa shape index (κ3) is 5.54. The van der Waals surface area contributed by atoms with Crippen molar-refractivity contribution >= 4 is 5.91 Å². The average molecular weight is 147 g/mol. The number of carbonyl (C=O) groups excluding carboxylic acids is 1. The molecular formula is C7H14FNO. The molecule has 1 amide bonds. The first-order valence-corrected chi connectivity index (χ1v) is 3.57. The van der Waals surface area contributed by atoms with E-state index < -0.39 is 0 Å². The van der Waals surface area contributed by atoms with E-state index in [0.717, 1.165) is 12.8 Å². The van der Waals surface area contributed by atoms with Crippen LogP contribution < -0.4 is 5.32 Å². The SMILES string of the molecule is CNC(=O)CCCCCF. The maximum absolute atomic E-state index is 11.5. The Labute approximate surface area is 60.8 Å². The zero-order valence-electron chi connectivity index (χ0n) is 6.32. The van der Waals surface area contributed by atoms with E-state index >= 15 is 0 Å². The molecule has 0 aromatic heterocycles. The van der Waals surface area contributed by atoms with Crippen LogP contribution in [0.3, 0.4) is 0 Å². The van der Waals surface area contributed by atoms with Crippen LogP contribution in [0.2, 0.25) is 0 Å². The summed E-state index contributed by atoms with van der Waals surface area (Å²) < 4.78 is 11.5. The van der Waals surface area contributed by atoms with E-state index in [1.54, 1.807) is 7.05 Å². The van der Waals surface area contributed by atoms with Gasteiger partial charge in [0.15, 0.2) is 0 Å². The van der Waals surface area contributed by atoms with Gasteiger partial charge in [-0.05, 0) is 12.8 Å². The number of hydrogen-bond acceptors (Lipinski definition) is 1. The molecule has 0 aliphatic carbocycles. The Balaban J connectivity index is 2.96. The lowest BCUT2D eigenvalue weighted by molar-refractivity contribution is -0.120. The van der Waals surface area contributed by atoms with Gasteiger partial charge in [-0.2, -0.15) is 0 Å². The monoisotopic (exact) mass is 147 g/mol. The quantitative estimate of drug-likeness (QED) is 0.583. The number of hydrogen-bond donors (Lipinski definition) is 1. The van der Waals surface area contributed by atoms with Crippen LogP contribution in [0, 0.1) is 0 Å². The fraction of sp³-hybridized carbons (Fsp3) is 0.857. The number of alkyl halides is 1. The molecule has 0 aromatic carbocycles. The van der Waals surface area contributed by atoms with Crippen molar-refractivity contribution in [3.8, 4) is 0 Å². The van der Waals surface area contributed by atoms with E-state index in [4.69, 9.17) is 0 Å². The molecule has 0 radical (unpaired) electrons. The van der Waals surface area contributed by atoms with Crippen LogP contribution in [0.25, 0.3) is 0 Å². The lowest BCUT2D eigenvalue weighted by Crippen LogP contribution is -2.16. The molecule has 0 rings (SSSR count). The van der Waals surface area contributed by atoms with Crippen LogP contribution in [0.15, 0.2) is 0 Å². The highest BCUT2D eigenvalue weighted by Gasteiger charge is 1.95. The van der Waals surface area contributed by atoms with Crippen molar-refractivity contribution in [3.05, 3.63) is 0 Å². The Morgan fingerprint density at radius 1 is 1.40 bits per heavy atom. The minimum absolute atomic E-state index is 0.0406. The Hall–Kier alpha value is -0.600. The molecule has 10 heavy (non-hydrogen) atoms. The molecule has 60 valence electrons. The van der Waals surface area contributed by atoms with Crippen molar-refractivity contribution in [2.75, 3.05) is 13.7 Å². The summed E-state index contributed by atoms with van der Waals surface area (Å²) in [6.45, 7) is -0.270. The minimum Gasteiger partial charge on any atom is -0.359 e. The van der Waals surface area contributed by atoms with Gasteiger partial charge in [0, 0.05) is 13.5 Å². The van der Waals surface area contributed by atoms with E-state index in [-0.39, 0.29) is 12.6 Å². The summed E-state index contributed by atoms with van der Waals surface area (Å²) in [7, 11) is 1.61. The molecule has 0 aliphatic rings. The highest BCUT2D eigenvalue weighted by atomic mass is 19.1. The first-order valence-electron chi connectivity index (χ1n) is 3.57. The molecule has 3 heteroatoms. The Morgan fingerprint density at radius 2 is 2.10 bits per heavy atom. The number of unbranched alkanes of at least 4 members (excludes halogenated alkanes) is 2. The smallest absolute Gasteiger partial charge is 0.219 e. The van der Waals surface area contributed by atoms with E-state index in [2.05, 4.69) is 5.32 Å². The fourth-order valence-corrected chi connectivity index (χ4v) is 0.682. The van der Waals surface area contributed by atoms with Gasteiger partial charge in [0.05, 0.1) is 6.67 Å². The largest absolute Gasteiger partial charge is 0.359 e. The molecule has 0 heterocycles. The highest BCUT2D eigenvalue weighted by molar-refractivity contribution is 5.75. The zero-order chi connectivity index (χ0) is 7.82. The lowest BCUT2D eigenvalue weighted by atomic mass is 10.2. The molecule has 0 aliphatic heterocycles. The van der Waals surface area contributed by atoms with Crippen LogP contribution in [-0.2, 0) is 4.79 Å². The van der Waals surface area contributed by atoms with Gasteiger partial charge in [0.1, 0.15) is 0 Å². The highest BCUT2D eigenvalue weighted by Crippen LogP contribution is 1.99. The number of amides is 1. The third-order valence-electron chi connectivity index (χ3n) is 1.32. The van der Waals surface area contributed by atoms with E-state index in [1.807, 2.05) is 0 Å². The molecular weight excluding hydrogens is 133 g/mol. The second-order valence-corrected chi connectivity index (χ2v) is 2.17. The second-order valence-electron chi connectivity index (χ2n) is 2.17. The molecule has 0 bridgehead atoms. The van der Waals surface area contributed by atoms with Crippen molar-refractivity contribution in [2.45, 2.75) is 25.7 Å². The van der Waals surface area contributed by atoms with Gasteiger partial charge in [0.25, 0.3) is 0 Å². The van der Waals surface area contributed by atoms with Gasteiger partial charge in [-0.1, -0.05) is 6.42 Å². The van der Waals surface area contributed by atoms with Crippen molar-refractivity contribution in [3.63, 3.8) is 0 Å². The van der Waals surface area contributed by atoms with Crippen LogP contribution in [-0.4, -0.2) is 19.6 Å². The zero-order valence-corrected chi connectivity index (χ0v) is 6.32. The minimum atomic E-state index is -0.270. The molecule has 2 nitrogen and oxygen atoms in total. The summed E-state index contributed by atoms with van der Waals surface area (Å²) in [5.74, 6) is 0.0406. The predicted octanol–water partition coefficient (Wildman–Crippen LogP) is 1.26. The van der Waals surface area contributed by atoms with Crippen molar-refractivity contribution in [2.24, 2.45) is 0 Å². The van der Waals surface area contributed by atoms with E-state index in [1.165, 1.54) is 0 Å². The molecule has 0 aromatic rings. The van der Waals surface area contributed by atoms with E-state index in [9.17, 15) is 9.18 Å². The van der Waals surface area contributed by atoms with E-state index in [0.29, 0.717) is 12.8 Å². The van der Waals surface area contributed by atoms with Crippen LogP contribution in [0.5, 0.6) is 0 Å².